The van der Waals surface area contributed by atoms with E-state index in [1.807, 2.05) is 6.92 Å². The number of rotatable bonds is 6. The lowest BCUT2D eigenvalue weighted by atomic mass is 9.83. The zero-order chi connectivity index (χ0) is 14.4. The minimum absolute atomic E-state index is 0.0386. The molecule has 0 bridgehead atoms. The van der Waals surface area contributed by atoms with Gasteiger partial charge in [-0.05, 0) is 51.4 Å². The zero-order valence-electron chi connectivity index (χ0n) is 13.3. The SMILES string of the molecule is CCCC1CCC(NC(C)C(=O)NC2CCCC2)CC1. The van der Waals surface area contributed by atoms with Gasteiger partial charge in [-0.15, -0.1) is 0 Å². The molecule has 1 atom stereocenters. The van der Waals surface area contributed by atoms with Crippen LogP contribution in [0.25, 0.3) is 0 Å². The molecule has 20 heavy (non-hydrogen) atoms. The van der Waals surface area contributed by atoms with Crippen molar-refractivity contribution in [1.82, 2.24) is 10.6 Å². The fraction of sp³-hybridized carbons (Fsp3) is 0.941. The highest BCUT2D eigenvalue weighted by atomic mass is 16.2. The first-order chi connectivity index (χ1) is 9.69. The van der Waals surface area contributed by atoms with Gasteiger partial charge in [0.25, 0.3) is 0 Å². The van der Waals surface area contributed by atoms with Gasteiger partial charge in [-0.3, -0.25) is 4.79 Å². The van der Waals surface area contributed by atoms with Crippen molar-refractivity contribution in [2.75, 3.05) is 0 Å². The van der Waals surface area contributed by atoms with Crippen LogP contribution in [0.2, 0.25) is 0 Å². The number of nitrogens with one attached hydrogen (secondary N) is 2. The molecule has 3 heteroatoms. The van der Waals surface area contributed by atoms with Crippen LogP contribution in [0.5, 0.6) is 0 Å². The molecule has 0 saturated heterocycles. The normalized spacial score (nSPS) is 29.3. The molecule has 1 amide bonds. The fourth-order valence-corrected chi connectivity index (χ4v) is 3.85. The Morgan fingerprint density at radius 2 is 1.70 bits per heavy atom. The summed E-state index contributed by atoms with van der Waals surface area (Å²) in [5, 5.41) is 6.74. The lowest BCUT2D eigenvalue weighted by molar-refractivity contribution is -0.123. The van der Waals surface area contributed by atoms with E-state index in [2.05, 4.69) is 17.6 Å². The average Bonchev–Trinajstić information content (AvgIpc) is 2.94. The Balaban J connectivity index is 1.66. The van der Waals surface area contributed by atoms with E-state index in [0.29, 0.717) is 12.1 Å². The molecule has 0 heterocycles. The van der Waals surface area contributed by atoms with Crippen LogP contribution in [0.15, 0.2) is 0 Å². The average molecular weight is 280 g/mol. The van der Waals surface area contributed by atoms with Crippen molar-refractivity contribution >= 4 is 5.91 Å². The topological polar surface area (TPSA) is 41.1 Å². The lowest BCUT2D eigenvalue weighted by Gasteiger charge is -2.31. The second kappa shape index (κ2) is 8.02. The number of hydrogen-bond donors (Lipinski definition) is 2. The van der Waals surface area contributed by atoms with Crippen molar-refractivity contribution in [2.45, 2.75) is 96.2 Å². The maximum atomic E-state index is 12.2. The minimum Gasteiger partial charge on any atom is -0.352 e. The van der Waals surface area contributed by atoms with Gasteiger partial charge in [0.1, 0.15) is 0 Å². The molecule has 3 nitrogen and oxygen atoms in total. The molecule has 2 rings (SSSR count). The number of amides is 1. The smallest absolute Gasteiger partial charge is 0.237 e. The van der Waals surface area contributed by atoms with Crippen LogP contribution in [-0.4, -0.2) is 24.0 Å². The molecule has 0 spiro atoms. The van der Waals surface area contributed by atoms with Crippen LogP contribution in [0.1, 0.15) is 78.1 Å². The second-order valence-corrected chi connectivity index (χ2v) is 6.88. The van der Waals surface area contributed by atoms with Gasteiger partial charge in [0.05, 0.1) is 6.04 Å². The third-order valence-corrected chi connectivity index (χ3v) is 5.12. The van der Waals surface area contributed by atoms with Crippen molar-refractivity contribution in [2.24, 2.45) is 5.92 Å². The van der Waals surface area contributed by atoms with Crippen LogP contribution in [0, 0.1) is 5.92 Å². The third-order valence-electron chi connectivity index (χ3n) is 5.12. The molecule has 0 aromatic heterocycles. The molecule has 2 aliphatic rings. The molecule has 0 radical (unpaired) electrons. The maximum Gasteiger partial charge on any atom is 0.237 e. The van der Waals surface area contributed by atoms with Crippen molar-refractivity contribution in [3.8, 4) is 0 Å². The van der Waals surface area contributed by atoms with Gasteiger partial charge in [-0.1, -0.05) is 32.6 Å². The fourth-order valence-electron chi connectivity index (χ4n) is 3.85. The Bertz CT molecular complexity index is 291. The van der Waals surface area contributed by atoms with E-state index < -0.39 is 0 Å². The molecular weight excluding hydrogens is 248 g/mol. The molecule has 2 N–H and O–H groups in total. The summed E-state index contributed by atoms with van der Waals surface area (Å²) in [4.78, 5) is 12.2. The van der Waals surface area contributed by atoms with E-state index in [1.54, 1.807) is 0 Å². The monoisotopic (exact) mass is 280 g/mol. The van der Waals surface area contributed by atoms with Crippen molar-refractivity contribution in [1.29, 1.82) is 0 Å². The van der Waals surface area contributed by atoms with Crippen LogP contribution >= 0.6 is 0 Å². The lowest BCUT2D eigenvalue weighted by Crippen LogP contribution is -2.49. The molecule has 0 aliphatic heterocycles. The predicted octanol–water partition coefficient (Wildman–Crippen LogP) is 3.38. The van der Waals surface area contributed by atoms with E-state index in [0.717, 1.165) is 5.92 Å². The molecule has 2 aliphatic carbocycles. The largest absolute Gasteiger partial charge is 0.352 e. The summed E-state index contributed by atoms with van der Waals surface area (Å²) in [6, 6.07) is 0.947. The van der Waals surface area contributed by atoms with Gasteiger partial charge in [0.2, 0.25) is 5.91 Å². The molecule has 1 unspecified atom stereocenters. The molecule has 0 aromatic carbocycles. The maximum absolute atomic E-state index is 12.2. The molecule has 116 valence electrons. The summed E-state index contributed by atoms with van der Waals surface area (Å²) in [5.41, 5.74) is 0. The van der Waals surface area contributed by atoms with E-state index in [4.69, 9.17) is 0 Å². The minimum atomic E-state index is -0.0386. The summed E-state index contributed by atoms with van der Waals surface area (Å²) in [7, 11) is 0. The van der Waals surface area contributed by atoms with Crippen LogP contribution in [-0.2, 0) is 4.79 Å². The number of carbonyl (C=O) groups excluding carboxylic acids is 1. The molecular formula is C17H32N2O. The summed E-state index contributed by atoms with van der Waals surface area (Å²) < 4.78 is 0. The molecule has 0 aromatic rings. The summed E-state index contributed by atoms with van der Waals surface area (Å²) in [6.07, 6.45) is 12.7. The quantitative estimate of drug-likeness (QED) is 0.783. The summed E-state index contributed by atoms with van der Waals surface area (Å²) >= 11 is 0. The third kappa shape index (κ3) is 4.76. The Labute approximate surface area is 124 Å². The first-order valence-electron chi connectivity index (χ1n) is 8.75. The van der Waals surface area contributed by atoms with Crippen molar-refractivity contribution in [3.63, 3.8) is 0 Å². The van der Waals surface area contributed by atoms with E-state index in [9.17, 15) is 4.79 Å². The Kier molecular flexibility index (Phi) is 6.34. The second-order valence-electron chi connectivity index (χ2n) is 6.88. The standard InChI is InChI=1S/C17H32N2O/c1-3-6-14-9-11-16(12-10-14)18-13(2)17(20)19-15-7-4-5-8-15/h13-16,18H,3-12H2,1-2H3,(H,19,20). The van der Waals surface area contributed by atoms with Gasteiger partial charge in [-0.25, -0.2) is 0 Å². The summed E-state index contributed by atoms with van der Waals surface area (Å²) in [6.45, 7) is 4.29. The first kappa shape index (κ1) is 15.8. The van der Waals surface area contributed by atoms with Gasteiger partial charge in [0, 0.05) is 12.1 Å². The van der Waals surface area contributed by atoms with Crippen molar-refractivity contribution in [3.05, 3.63) is 0 Å². The number of carbonyl (C=O) groups is 1. The molecule has 2 saturated carbocycles. The van der Waals surface area contributed by atoms with Gasteiger partial charge in [0.15, 0.2) is 0 Å². The Hall–Kier alpha value is -0.570. The summed E-state index contributed by atoms with van der Waals surface area (Å²) in [5.74, 6) is 1.13. The van der Waals surface area contributed by atoms with E-state index in [1.165, 1.54) is 64.2 Å². The van der Waals surface area contributed by atoms with Gasteiger partial charge < -0.3 is 10.6 Å². The van der Waals surface area contributed by atoms with E-state index >= 15 is 0 Å². The Morgan fingerprint density at radius 1 is 1.05 bits per heavy atom. The van der Waals surface area contributed by atoms with Gasteiger partial charge in [-0.2, -0.15) is 0 Å². The number of hydrogen-bond acceptors (Lipinski definition) is 2. The molecule has 2 fully saturated rings. The van der Waals surface area contributed by atoms with Crippen LogP contribution in [0.4, 0.5) is 0 Å². The zero-order valence-corrected chi connectivity index (χ0v) is 13.3. The Morgan fingerprint density at radius 3 is 2.30 bits per heavy atom. The predicted molar refractivity (Wildman–Crippen MR) is 83.7 cm³/mol. The van der Waals surface area contributed by atoms with Crippen molar-refractivity contribution < 1.29 is 4.79 Å². The highest BCUT2D eigenvalue weighted by Gasteiger charge is 2.25. The van der Waals surface area contributed by atoms with Crippen LogP contribution < -0.4 is 10.6 Å². The highest BCUT2D eigenvalue weighted by Crippen LogP contribution is 2.27. The van der Waals surface area contributed by atoms with Crippen LogP contribution in [0.3, 0.4) is 0 Å². The highest BCUT2D eigenvalue weighted by molar-refractivity contribution is 5.81. The first-order valence-corrected chi connectivity index (χ1v) is 8.75. The van der Waals surface area contributed by atoms with E-state index in [-0.39, 0.29) is 11.9 Å². The van der Waals surface area contributed by atoms with Gasteiger partial charge >= 0.3 is 0 Å².